The van der Waals surface area contributed by atoms with Crippen LogP contribution in [-0.2, 0) is 24.5 Å². The molecular weight excluding hydrogens is 515 g/mol. The van der Waals surface area contributed by atoms with E-state index in [-0.39, 0.29) is 21.9 Å². The summed E-state index contributed by atoms with van der Waals surface area (Å²) in [5, 5.41) is 1.09. The first-order valence-corrected chi connectivity index (χ1v) is 14.8. The quantitative estimate of drug-likeness (QED) is 0.255. The molecule has 1 fully saturated rings. The normalized spacial score (nSPS) is 14.3. The van der Waals surface area contributed by atoms with E-state index in [4.69, 9.17) is 29.2 Å². The molecule has 1 aliphatic carbocycles. The van der Waals surface area contributed by atoms with Crippen molar-refractivity contribution in [3.63, 3.8) is 0 Å². The SMILES string of the molecule is CC[As]c1ncn(Cc2ccc(OC)c(OC3CCCC3)c2)c2nc(COCc3ccccc3)nc1-2. The number of benzene rings is 2. The van der Waals surface area contributed by atoms with Crippen molar-refractivity contribution in [1.29, 1.82) is 0 Å². The Balaban J connectivity index is 1.37. The van der Waals surface area contributed by atoms with Gasteiger partial charge in [-0.2, -0.15) is 0 Å². The van der Waals surface area contributed by atoms with Crippen LogP contribution in [-0.4, -0.2) is 48.5 Å². The summed E-state index contributed by atoms with van der Waals surface area (Å²) in [4.78, 5) is 14.5. The zero-order valence-corrected chi connectivity index (χ0v) is 22.8. The van der Waals surface area contributed by atoms with Gasteiger partial charge in [-0.25, -0.2) is 0 Å². The van der Waals surface area contributed by atoms with Crippen molar-refractivity contribution in [2.75, 3.05) is 7.11 Å². The minimum atomic E-state index is -0.0493. The van der Waals surface area contributed by atoms with E-state index in [1.807, 2.05) is 30.6 Å². The molecule has 0 amide bonds. The molecule has 3 aliphatic rings. The second-order valence-corrected chi connectivity index (χ2v) is 11.8. The minimum absolute atomic E-state index is 0.0493. The summed E-state index contributed by atoms with van der Waals surface area (Å²) < 4.78 is 20.9. The number of hydrogen-bond acceptors (Lipinski definition) is 6. The van der Waals surface area contributed by atoms with Crippen molar-refractivity contribution < 1.29 is 14.2 Å². The third-order valence-electron chi connectivity index (χ3n) is 6.32. The van der Waals surface area contributed by atoms with E-state index >= 15 is 0 Å². The molecule has 0 N–H and O–H groups in total. The molecule has 0 bridgehead atoms. The van der Waals surface area contributed by atoms with Gasteiger partial charge in [-0.3, -0.25) is 0 Å². The summed E-state index contributed by atoms with van der Waals surface area (Å²) in [6.07, 6.45) is 6.83. The van der Waals surface area contributed by atoms with Crippen LogP contribution in [0.2, 0.25) is 5.21 Å². The average molecular weight is 548 g/mol. The molecule has 2 aromatic rings. The van der Waals surface area contributed by atoms with Crippen molar-refractivity contribution in [2.45, 2.75) is 63.7 Å². The molecule has 2 aromatic carbocycles. The van der Waals surface area contributed by atoms with Gasteiger partial charge in [-0.1, -0.05) is 0 Å². The second-order valence-electron chi connectivity index (χ2n) is 8.97. The van der Waals surface area contributed by atoms with Crippen LogP contribution in [0.1, 0.15) is 49.6 Å². The predicted octanol–water partition coefficient (Wildman–Crippen LogP) is 4.64. The molecule has 8 heteroatoms. The molecule has 0 aromatic heterocycles. The molecule has 2 aliphatic heterocycles. The van der Waals surface area contributed by atoms with Crippen LogP contribution in [0, 0.1) is 0 Å². The van der Waals surface area contributed by atoms with Gasteiger partial charge >= 0.3 is 220 Å². The number of hydrogen-bond donors (Lipinski definition) is 0. The van der Waals surface area contributed by atoms with Gasteiger partial charge in [0.05, 0.1) is 0 Å². The molecule has 0 atom stereocenters. The summed E-state index contributed by atoms with van der Waals surface area (Å²) in [5.74, 6) is 3.13. The average Bonchev–Trinajstić information content (AvgIpc) is 3.57. The second kappa shape index (κ2) is 11.9. The van der Waals surface area contributed by atoms with E-state index in [2.05, 4.69) is 35.8 Å². The summed E-state index contributed by atoms with van der Waals surface area (Å²) in [6, 6.07) is 16.3. The van der Waals surface area contributed by atoms with E-state index in [0.717, 1.165) is 56.7 Å². The Morgan fingerprint density at radius 2 is 1.81 bits per heavy atom. The van der Waals surface area contributed by atoms with Crippen molar-refractivity contribution in [3.05, 3.63) is 71.8 Å². The maximum absolute atomic E-state index is 6.31. The van der Waals surface area contributed by atoms with E-state index in [9.17, 15) is 0 Å². The number of ether oxygens (including phenoxy) is 3. The number of rotatable bonds is 11. The van der Waals surface area contributed by atoms with Gasteiger partial charge in [0.1, 0.15) is 0 Å². The van der Waals surface area contributed by atoms with Crippen molar-refractivity contribution in [3.8, 4) is 23.0 Å². The summed E-state index contributed by atoms with van der Waals surface area (Å²) in [5.41, 5.74) is 3.14. The molecule has 7 nitrogen and oxygen atoms in total. The van der Waals surface area contributed by atoms with Gasteiger partial charge in [0, 0.05) is 0 Å². The molecule has 0 saturated heterocycles. The van der Waals surface area contributed by atoms with Crippen molar-refractivity contribution in [1.82, 2.24) is 19.5 Å². The van der Waals surface area contributed by atoms with Crippen molar-refractivity contribution in [2.24, 2.45) is 0 Å². The number of methoxy groups -OCH3 is 1. The standard InChI is InChI=1S/C28H32AsN4O3/c1-3-29-27-26-28(32-25(31-26)18-35-17-20-9-5-4-6-10-20)33(19-30-27)16-21-13-14-23(34-2)24(15-21)36-22-11-7-8-12-22/h4-6,9-10,13-15,19,22H,3,7-8,11-12,16-18H2,1-2H3. The molecule has 2 heterocycles. The molecule has 187 valence electrons. The van der Waals surface area contributed by atoms with Crippen LogP contribution in [0.3, 0.4) is 0 Å². The Morgan fingerprint density at radius 1 is 0.972 bits per heavy atom. The summed E-state index contributed by atoms with van der Waals surface area (Å²) in [7, 11) is 1.69. The van der Waals surface area contributed by atoms with Crippen LogP contribution >= 0.6 is 0 Å². The van der Waals surface area contributed by atoms with E-state index < -0.39 is 0 Å². The van der Waals surface area contributed by atoms with Gasteiger partial charge < -0.3 is 0 Å². The van der Waals surface area contributed by atoms with Crippen LogP contribution in [0.25, 0.3) is 11.5 Å². The van der Waals surface area contributed by atoms with Crippen molar-refractivity contribution >= 4 is 20.2 Å². The van der Waals surface area contributed by atoms with E-state index in [1.54, 1.807) is 7.11 Å². The Kier molecular flexibility index (Phi) is 8.19. The van der Waals surface area contributed by atoms with Crippen LogP contribution in [0.15, 0.2) is 54.9 Å². The molecular formula is C28H32AsN4O3. The number of imidazole rings is 1. The third-order valence-corrected chi connectivity index (χ3v) is 8.30. The Bertz CT molecular complexity index is 1240. The summed E-state index contributed by atoms with van der Waals surface area (Å²) >= 11 is -0.0493. The molecule has 1 saturated carbocycles. The predicted molar refractivity (Wildman–Crippen MR) is 140 cm³/mol. The number of aromatic nitrogens is 4. The zero-order valence-electron chi connectivity index (χ0n) is 20.9. The number of fused-ring (bicyclic) bond motifs is 1. The van der Waals surface area contributed by atoms with Crippen LogP contribution < -0.4 is 14.0 Å². The first kappa shape index (κ1) is 24.8. The van der Waals surface area contributed by atoms with E-state index in [1.165, 1.54) is 12.8 Å². The zero-order chi connectivity index (χ0) is 24.7. The first-order valence-electron chi connectivity index (χ1n) is 12.6. The Labute approximate surface area is 219 Å². The van der Waals surface area contributed by atoms with Gasteiger partial charge in [-0.15, -0.1) is 0 Å². The van der Waals surface area contributed by atoms with Gasteiger partial charge in [0.25, 0.3) is 0 Å². The maximum atomic E-state index is 6.31. The molecule has 0 unspecified atom stereocenters. The monoisotopic (exact) mass is 547 g/mol. The van der Waals surface area contributed by atoms with Crippen LogP contribution in [0.4, 0.5) is 0 Å². The van der Waals surface area contributed by atoms with Crippen LogP contribution in [0.5, 0.6) is 11.5 Å². The molecule has 0 spiro atoms. The fourth-order valence-electron chi connectivity index (χ4n) is 4.54. The Morgan fingerprint density at radius 3 is 2.58 bits per heavy atom. The topological polar surface area (TPSA) is 71.3 Å². The fourth-order valence-corrected chi connectivity index (χ4v) is 6.08. The van der Waals surface area contributed by atoms with E-state index in [0.29, 0.717) is 25.6 Å². The first-order chi connectivity index (χ1) is 17.7. The number of nitrogens with zero attached hydrogens (tertiary/aromatic N) is 4. The van der Waals surface area contributed by atoms with Gasteiger partial charge in [0.15, 0.2) is 0 Å². The molecule has 5 rings (SSSR count). The van der Waals surface area contributed by atoms with Gasteiger partial charge in [0.2, 0.25) is 0 Å². The third kappa shape index (κ3) is 5.90. The fraction of sp³-hybridized carbons (Fsp3) is 0.393. The summed E-state index contributed by atoms with van der Waals surface area (Å²) in [6.45, 7) is 3.72. The molecule has 36 heavy (non-hydrogen) atoms. The Hall–Kier alpha value is -2.89. The van der Waals surface area contributed by atoms with Gasteiger partial charge in [-0.05, 0) is 0 Å². The molecule has 1 radical (unpaired) electrons.